The van der Waals surface area contributed by atoms with Crippen molar-refractivity contribution >= 4 is 18.0 Å². The van der Waals surface area contributed by atoms with Gasteiger partial charge in [-0.1, -0.05) is 37.3 Å². The molecule has 32 heavy (non-hydrogen) atoms. The van der Waals surface area contributed by atoms with Crippen LogP contribution in [-0.2, 0) is 4.74 Å². The van der Waals surface area contributed by atoms with Crippen molar-refractivity contribution in [3.63, 3.8) is 0 Å². The number of rotatable bonds is 7. The van der Waals surface area contributed by atoms with Crippen molar-refractivity contribution in [2.45, 2.75) is 52.3 Å². The van der Waals surface area contributed by atoms with Gasteiger partial charge in [-0.15, -0.1) is 0 Å². The molecule has 1 fully saturated rings. The predicted molar refractivity (Wildman–Crippen MR) is 122 cm³/mol. The second kappa shape index (κ2) is 9.21. The second-order valence-electron chi connectivity index (χ2n) is 7.79. The van der Waals surface area contributed by atoms with Crippen LogP contribution in [0, 0.1) is 6.92 Å². The highest BCUT2D eigenvalue weighted by Crippen LogP contribution is 2.28. The third-order valence-electron chi connectivity index (χ3n) is 5.43. The Balaban J connectivity index is 1.48. The monoisotopic (exact) mass is 433 g/mol. The normalized spacial score (nSPS) is 18.9. The van der Waals surface area contributed by atoms with Crippen LogP contribution in [0.1, 0.15) is 44.6 Å². The molecule has 1 N–H and O–H groups in total. The molecule has 3 atom stereocenters. The molecule has 0 saturated carbocycles. The van der Waals surface area contributed by atoms with Crippen LogP contribution in [0.5, 0.6) is 11.5 Å². The molecule has 0 radical (unpaired) electrons. The molecule has 1 aliphatic heterocycles. The first kappa shape index (κ1) is 21.5. The lowest BCUT2D eigenvalue weighted by atomic mass is 10.1. The molecular weight excluding hydrogens is 406 g/mol. The van der Waals surface area contributed by atoms with Crippen molar-refractivity contribution in [1.82, 2.24) is 15.0 Å². The summed E-state index contributed by atoms with van der Waals surface area (Å²) in [4.78, 5) is 27.2. The van der Waals surface area contributed by atoms with Crippen molar-refractivity contribution < 1.29 is 14.3 Å². The summed E-state index contributed by atoms with van der Waals surface area (Å²) in [6.07, 6.45) is 0.105. The summed E-state index contributed by atoms with van der Waals surface area (Å²) < 4.78 is 11.2. The molecule has 3 aromatic rings. The van der Waals surface area contributed by atoms with Gasteiger partial charge in [0.1, 0.15) is 23.4 Å². The number of aromatic nitrogens is 3. The third kappa shape index (κ3) is 4.64. The second-order valence-corrected chi connectivity index (χ2v) is 7.79. The molecule has 0 bridgehead atoms. The number of hydrogen-bond donors (Lipinski definition) is 1. The SMILES string of the molecule is CC[C@H]1[C@H](C)OC(=O)N1c1nc(C)nc(N[C@@H](C)c2ccc(Oc3ccccc3)cc2)n1. The number of nitrogens with zero attached hydrogens (tertiary/aromatic N) is 4. The van der Waals surface area contributed by atoms with Crippen molar-refractivity contribution in [3.05, 3.63) is 66.0 Å². The van der Waals surface area contributed by atoms with Crippen LogP contribution in [0.2, 0.25) is 0 Å². The number of anilines is 2. The molecule has 1 amide bonds. The maximum atomic E-state index is 12.4. The first-order valence-electron chi connectivity index (χ1n) is 10.8. The van der Waals surface area contributed by atoms with E-state index in [0.717, 1.165) is 23.5 Å². The zero-order chi connectivity index (χ0) is 22.7. The molecule has 0 aliphatic carbocycles. The molecule has 1 aliphatic rings. The number of nitrogens with one attached hydrogen (secondary N) is 1. The van der Waals surface area contributed by atoms with E-state index in [2.05, 4.69) is 20.3 Å². The van der Waals surface area contributed by atoms with E-state index in [1.807, 2.05) is 75.4 Å². The van der Waals surface area contributed by atoms with Crippen molar-refractivity contribution in [2.75, 3.05) is 10.2 Å². The Morgan fingerprint density at radius 3 is 2.44 bits per heavy atom. The van der Waals surface area contributed by atoms with E-state index >= 15 is 0 Å². The van der Waals surface area contributed by atoms with Gasteiger partial charge in [0.05, 0.1) is 12.1 Å². The third-order valence-corrected chi connectivity index (χ3v) is 5.43. The van der Waals surface area contributed by atoms with Gasteiger partial charge in [0.2, 0.25) is 11.9 Å². The Kier molecular flexibility index (Phi) is 6.20. The van der Waals surface area contributed by atoms with E-state index in [9.17, 15) is 4.79 Å². The minimum atomic E-state index is -0.428. The van der Waals surface area contributed by atoms with Gasteiger partial charge in [-0.05, 0) is 57.0 Å². The van der Waals surface area contributed by atoms with E-state index in [4.69, 9.17) is 9.47 Å². The maximum Gasteiger partial charge on any atom is 0.417 e. The molecule has 0 unspecified atom stereocenters. The molecule has 4 rings (SSSR count). The molecule has 8 heteroatoms. The van der Waals surface area contributed by atoms with E-state index in [1.165, 1.54) is 4.90 Å². The molecule has 0 spiro atoms. The fourth-order valence-corrected chi connectivity index (χ4v) is 3.75. The summed E-state index contributed by atoms with van der Waals surface area (Å²) in [6.45, 7) is 7.69. The fraction of sp³-hybridized carbons (Fsp3) is 0.333. The summed E-state index contributed by atoms with van der Waals surface area (Å²) in [5.41, 5.74) is 1.05. The largest absolute Gasteiger partial charge is 0.457 e. The maximum absolute atomic E-state index is 12.4. The van der Waals surface area contributed by atoms with Crippen molar-refractivity contribution in [2.24, 2.45) is 0 Å². The van der Waals surface area contributed by atoms with Crippen LogP contribution in [0.15, 0.2) is 54.6 Å². The van der Waals surface area contributed by atoms with Gasteiger partial charge in [0.15, 0.2) is 0 Å². The molecule has 2 heterocycles. The highest BCUT2D eigenvalue weighted by molar-refractivity contribution is 5.88. The summed E-state index contributed by atoms with van der Waals surface area (Å²) >= 11 is 0. The molecule has 1 saturated heterocycles. The first-order valence-corrected chi connectivity index (χ1v) is 10.8. The van der Waals surface area contributed by atoms with Crippen molar-refractivity contribution in [3.8, 4) is 11.5 Å². The fourth-order valence-electron chi connectivity index (χ4n) is 3.75. The summed E-state index contributed by atoms with van der Waals surface area (Å²) in [6, 6.07) is 17.3. The van der Waals surface area contributed by atoms with Crippen LogP contribution in [0.4, 0.5) is 16.7 Å². The average molecular weight is 434 g/mol. The van der Waals surface area contributed by atoms with Crippen LogP contribution in [-0.4, -0.2) is 33.2 Å². The lowest BCUT2D eigenvalue weighted by Gasteiger charge is -2.21. The Labute approximate surface area is 187 Å². The highest BCUT2D eigenvalue weighted by Gasteiger charge is 2.40. The molecule has 1 aromatic heterocycles. The van der Waals surface area contributed by atoms with E-state index < -0.39 is 6.09 Å². The van der Waals surface area contributed by atoms with Gasteiger partial charge in [0.25, 0.3) is 0 Å². The summed E-state index contributed by atoms with van der Waals surface area (Å²) in [5.74, 6) is 2.79. The van der Waals surface area contributed by atoms with Crippen LogP contribution >= 0.6 is 0 Å². The van der Waals surface area contributed by atoms with Gasteiger partial charge < -0.3 is 14.8 Å². The summed E-state index contributed by atoms with van der Waals surface area (Å²) in [5, 5.41) is 3.31. The number of cyclic esters (lactones) is 1. The van der Waals surface area contributed by atoms with Crippen LogP contribution in [0.25, 0.3) is 0 Å². The van der Waals surface area contributed by atoms with E-state index in [0.29, 0.717) is 17.7 Å². The zero-order valence-electron chi connectivity index (χ0n) is 18.6. The number of carbonyl (C=O) groups is 1. The van der Waals surface area contributed by atoms with E-state index in [-0.39, 0.29) is 18.2 Å². The summed E-state index contributed by atoms with van der Waals surface area (Å²) in [7, 11) is 0. The molecule has 8 nitrogen and oxygen atoms in total. The minimum absolute atomic E-state index is 0.0677. The number of aryl methyl sites for hydroxylation is 1. The zero-order valence-corrected chi connectivity index (χ0v) is 18.6. The van der Waals surface area contributed by atoms with E-state index in [1.54, 1.807) is 6.92 Å². The average Bonchev–Trinajstić information content (AvgIpc) is 3.07. The van der Waals surface area contributed by atoms with Gasteiger partial charge >= 0.3 is 6.09 Å². The molecule has 166 valence electrons. The number of benzene rings is 2. The van der Waals surface area contributed by atoms with Crippen LogP contribution < -0.4 is 15.0 Å². The lowest BCUT2D eigenvalue weighted by molar-refractivity contribution is 0.141. The number of amides is 1. The number of hydrogen-bond acceptors (Lipinski definition) is 7. The van der Waals surface area contributed by atoms with Gasteiger partial charge in [-0.3, -0.25) is 0 Å². The minimum Gasteiger partial charge on any atom is -0.457 e. The van der Waals surface area contributed by atoms with Crippen LogP contribution in [0.3, 0.4) is 0 Å². The van der Waals surface area contributed by atoms with Gasteiger partial charge in [-0.25, -0.2) is 9.69 Å². The number of carbonyl (C=O) groups excluding carboxylic acids is 1. The predicted octanol–water partition coefficient (Wildman–Crippen LogP) is 5.27. The first-order chi connectivity index (χ1) is 15.4. The highest BCUT2D eigenvalue weighted by atomic mass is 16.6. The van der Waals surface area contributed by atoms with Crippen molar-refractivity contribution in [1.29, 1.82) is 0 Å². The molecular formula is C24H27N5O3. The number of ether oxygens (including phenoxy) is 2. The smallest absolute Gasteiger partial charge is 0.417 e. The standard InChI is InChI=1S/C24H27N5O3/c1-5-21-16(3)31-24(30)29(21)23-27-17(4)26-22(28-23)25-15(2)18-11-13-20(14-12-18)32-19-9-7-6-8-10-19/h6-16,21H,5H2,1-4H3,(H,25,26,27,28)/t15-,16-,21-/m0/s1. The quantitative estimate of drug-likeness (QED) is 0.543. The number of para-hydroxylation sites is 1. The van der Waals surface area contributed by atoms with Gasteiger partial charge in [-0.2, -0.15) is 15.0 Å². The molecule has 2 aromatic carbocycles. The topological polar surface area (TPSA) is 89.5 Å². The lowest BCUT2D eigenvalue weighted by Crippen LogP contribution is -2.37. The Hall–Kier alpha value is -3.68. The van der Waals surface area contributed by atoms with Gasteiger partial charge in [0, 0.05) is 0 Å². The Morgan fingerprint density at radius 1 is 1.06 bits per heavy atom. The Bertz CT molecular complexity index is 1070. The Morgan fingerprint density at radius 2 is 1.75 bits per heavy atom.